The Bertz CT molecular complexity index is 1400. The monoisotopic (exact) mass is 462 g/mol. The number of nitrogens with one attached hydrogen (secondary N) is 2. The quantitative estimate of drug-likeness (QED) is 0.515. The Hall–Kier alpha value is -3.46. The Labute approximate surface area is 182 Å². The highest BCUT2D eigenvalue weighted by molar-refractivity contribution is 6.37. The molecule has 3 aromatic rings. The van der Waals surface area contributed by atoms with Crippen molar-refractivity contribution in [2.45, 2.75) is 18.8 Å². The zero-order valence-corrected chi connectivity index (χ0v) is 17.0. The fraction of sp³-hybridized carbons (Fsp3) is 0.222. The predicted molar refractivity (Wildman–Crippen MR) is 108 cm³/mol. The molecule has 0 spiro atoms. The lowest BCUT2D eigenvalue weighted by Gasteiger charge is -2.13. The van der Waals surface area contributed by atoms with Gasteiger partial charge in [0, 0.05) is 17.0 Å². The summed E-state index contributed by atoms with van der Waals surface area (Å²) in [5.74, 6) is -0.211. The molecule has 3 N–H and O–H groups in total. The van der Waals surface area contributed by atoms with Gasteiger partial charge in [0.15, 0.2) is 5.75 Å². The summed E-state index contributed by atoms with van der Waals surface area (Å²) in [5.41, 5.74) is -1.68. The number of hydrogen-bond donors (Lipinski definition) is 3. The molecule has 4 rings (SSSR count). The molecule has 1 aliphatic rings. The van der Waals surface area contributed by atoms with Crippen molar-refractivity contribution in [2.75, 3.05) is 6.61 Å². The summed E-state index contributed by atoms with van der Waals surface area (Å²) in [5, 5.41) is 28.4. The summed E-state index contributed by atoms with van der Waals surface area (Å²) in [7, 11) is 0. The third-order valence-electron chi connectivity index (χ3n) is 4.82. The van der Waals surface area contributed by atoms with Crippen molar-refractivity contribution < 1.29 is 9.84 Å². The van der Waals surface area contributed by atoms with Gasteiger partial charge in [-0.05, 0) is 25.0 Å². The van der Waals surface area contributed by atoms with Crippen molar-refractivity contribution in [3.05, 3.63) is 70.2 Å². The van der Waals surface area contributed by atoms with Gasteiger partial charge >= 0.3 is 5.69 Å². The molecule has 0 aliphatic heterocycles. The fourth-order valence-corrected chi connectivity index (χ4v) is 3.95. The third kappa shape index (κ3) is 3.61. The summed E-state index contributed by atoms with van der Waals surface area (Å²) in [6.45, 7) is -0.179. The number of nitrogens with zero attached hydrogens (tertiary/aromatic N) is 4. The molecule has 0 amide bonds. The fourth-order valence-electron chi connectivity index (χ4n) is 3.40. The molecule has 2 aromatic heterocycles. The van der Waals surface area contributed by atoms with Crippen LogP contribution in [0.15, 0.2) is 26.5 Å². The molecule has 0 radical (unpaired) electrons. The van der Waals surface area contributed by atoms with Crippen molar-refractivity contribution >= 4 is 23.2 Å². The number of halogens is 2. The Morgan fingerprint density at radius 1 is 1.26 bits per heavy atom. The van der Waals surface area contributed by atoms with E-state index < -0.39 is 22.5 Å². The summed E-state index contributed by atoms with van der Waals surface area (Å²) in [4.78, 5) is 37.7. The average Bonchev–Trinajstić information content (AvgIpc) is 3.17. The van der Waals surface area contributed by atoms with Crippen molar-refractivity contribution in [3.63, 3.8) is 0 Å². The second kappa shape index (κ2) is 7.99. The average molecular weight is 463 g/mol. The molecule has 1 aromatic carbocycles. The zero-order chi connectivity index (χ0) is 22.3. The smallest absolute Gasteiger partial charge is 0.349 e. The third-order valence-corrected chi connectivity index (χ3v) is 5.38. The number of fused-ring (bicyclic) bond motifs is 1. The van der Waals surface area contributed by atoms with Crippen LogP contribution in [0.2, 0.25) is 10.0 Å². The molecule has 0 bridgehead atoms. The highest BCUT2D eigenvalue weighted by atomic mass is 35.5. The van der Waals surface area contributed by atoms with Crippen LogP contribution in [0.1, 0.15) is 29.2 Å². The Kier molecular flexibility index (Phi) is 5.36. The maximum atomic E-state index is 12.1. The van der Waals surface area contributed by atoms with Gasteiger partial charge in [0.25, 0.3) is 11.1 Å². The minimum Gasteiger partial charge on any atom is -0.434 e. The highest BCUT2D eigenvalue weighted by Gasteiger charge is 2.30. The van der Waals surface area contributed by atoms with Crippen LogP contribution in [-0.4, -0.2) is 36.7 Å². The molecule has 1 atom stereocenters. The van der Waals surface area contributed by atoms with Crippen LogP contribution in [-0.2, 0) is 6.42 Å². The van der Waals surface area contributed by atoms with Crippen LogP contribution in [0.25, 0.3) is 5.69 Å². The van der Waals surface area contributed by atoms with Gasteiger partial charge in [-0.3, -0.25) is 14.6 Å². The van der Waals surface area contributed by atoms with E-state index in [0.29, 0.717) is 24.0 Å². The maximum absolute atomic E-state index is 12.1. The summed E-state index contributed by atoms with van der Waals surface area (Å²) < 4.78 is 6.54. The number of aliphatic hydroxyl groups is 1. The van der Waals surface area contributed by atoms with E-state index in [1.807, 2.05) is 4.98 Å². The molecular weight excluding hydrogens is 451 g/mol. The number of H-pyrrole nitrogens is 2. The molecular formula is C18H12Cl2N6O5. The largest absolute Gasteiger partial charge is 0.434 e. The number of aromatic amines is 2. The summed E-state index contributed by atoms with van der Waals surface area (Å²) >= 11 is 12.6. The normalized spacial score (nSPS) is 14.8. The van der Waals surface area contributed by atoms with Gasteiger partial charge in [-0.1, -0.05) is 23.2 Å². The van der Waals surface area contributed by atoms with Crippen LogP contribution in [0.5, 0.6) is 11.6 Å². The van der Waals surface area contributed by atoms with Gasteiger partial charge < -0.3 is 9.84 Å². The SMILES string of the molecule is N#Cc1nn(-c2cc(Cl)c(Oc3n[nH]c(=O)c4c3CCC4CO)c(Cl)c2)c(=O)[nH]c1=O. The molecule has 0 saturated carbocycles. The van der Waals surface area contributed by atoms with Crippen LogP contribution in [0.3, 0.4) is 0 Å². The molecule has 31 heavy (non-hydrogen) atoms. The van der Waals surface area contributed by atoms with Gasteiger partial charge in [0.05, 0.1) is 22.3 Å². The van der Waals surface area contributed by atoms with E-state index in [4.69, 9.17) is 33.2 Å². The van der Waals surface area contributed by atoms with Crippen LogP contribution >= 0.6 is 23.2 Å². The van der Waals surface area contributed by atoms with Crippen LogP contribution < -0.4 is 21.5 Å². The standard InChI is InChI=1S/C18H12Cl2N6O5/c19-10-3-8(26-18(30)22-15(28)12(5-21)25-26)4-11(20)14(10)31-17-9-2-1-7(6-27)13(9)16(29)23-24-17/h3-4,7,27H,1-2,6H2,(H,23,29)(H,22,28,30). The Morgan fingerprint density at radius 3 is 2.61 bits per heavy atom. The van der Waals surface area contributed by atoms with E-state index in [1.165, 1.54) is 12.1 Å². The lowest BCUT2D eigenvalue weighted by atomic mass is 10.1. The first-order valence-electron chi connectivity index (χ1n) is 8.87. The van der Waals surface area contributed by atoms with Gasteiger partial charge in [-0.15, -0.1) is 10.2 Å². The maximum Gasteiger partial charge on any atom is 0.349 e. The zero-order valence-electron chi connectivity index (χ0n) is 15.5. The molecule has 1 aliphatic carbocycles. The topological polar surface area (TPSA) is 167 Å². The number of benzene rings is 1. The van der Waals surface area contributed by atoms with E-state index in [1.54, 1.807) is 6.07 Å². The van der Waals surface area contributed by atoms with Gasteiger partial charge in [-0.2, -0.15) is 9.94 Å². The minimum atomic E-state index is -0.917. The van der Waals surface area contributed by atoms with Gasteiger partial charge in [-0.25, -0.2) is 9.89 Å². The van der Waals surface area contributed by atoms with E-state index in [9.17, 15) is 19.5 Å². The molecule has 2 heterocycles. The first kappa shape index (κ1) is 20.8. The van der Waals surface area contributed by atoms with Crippen LogP contribution in [0.4, 0.5) is 0 Å². The lowest BCUT2D eigenvalue weighted by molar-refractivity contribution is 0.264. The molecule has 0 saturated heterocycles. The Morgan fingerprint density at radius 2 is 1.97 bits per heavy atom. The van der Waals surface area contributed by atoms with Gasteiger partial charge in [0.2, 0.25) is 11.6 Å². The molecule has 1 unspecified atom stereocenters. The molecule has 11 nitrogen and oxygen atoms in total. The Balaban J connectivity index is 1.77. The van der Waals surface area contributed by atoms with E-state index in [-0.39, 0.29) is 39.9 Å². The predicted octanol–water partition coefficient (Wildman–Crippen LogP) is 0.997. The van der Waals surface area contributed by atoms with Crippen molar-refractivity contribution in [1.82, 2.24) is 25.0 Å². The highest BCUT2D eigenvalue weighted by Crippen LogP contribution is 2.41. The second-order valence-corrected chi connectivity index (χ2v) is 7.45. The van der Waals surface area contributed by atoms with Crippen molar-refractivity contribution in [1.29, 1.82) is 5.26 Å². The molecule has 0 fully saturated rings. The first-order valence-corrected chi connectivity index (χ1v) is 9.63. The van der Waals surface area contributed by atoms with E-state index in [2.05, 4.69) is 15.3 Å². The molecule has 158 valence electrons. The lowest BCUT2D eigenvalue weighted by Crippen LogP contribution is -2.33. The number of hydrogen-bond acceptors (Lipinski definition) is 8. The summed E-state index contributed by atoms with van der Waals surface area (Å²) in [6.07, 6.45) is 1.05. The summed E-state index contributed by atoms with van der Waals surface area (Å²) in [6, 6.07) is 4.19. The first-order chi connectivity index (χ1) is 14.8. The van der Waals surface area contributed by atoms with Crippen molar-refractivity contribution in [3.8, 4) is 23.4 Å². The van der Waals surface area contributed by atoms with E-state index in [0.717, 1.165) is 4.68 Å². The molecule has 13 heteroatoms. The van der Waals surface area contributed by atoms with Crippen molar-refractivity contribution in [2.24, 2.45) is 0 Å². The van der Waals surface area contributed by atoms with E-state index >= 15 is 0 Å². The minimum absolute atomic E-state index is 0.0132. The van der Waals surface area contributed by atoms with Gasteiger partial charge in [0.1, 0.15) is 6.07 Å². The number of aliphatic hydroxyl groups excluding tert-OH is 1. The second-order valence-electron chi connectivity index (χ2n) is 6.64. The number of rotatable bonds is 4. The van der Waals surface area contributed by atoms with Crippen LogP contribution in [0, 0.1) is 11.3 Å². The number of aromatic nitrogens is 5. The number of ether oxygens (including phenoxy) is 1. The number of nitriles is 1.